The number of carboxylic acid groups (broad SMARTS) is 1. The lowest BCUT2D eigenvalue weighted by Gasteiger charge is -2.37. The normalized spacial score (nSPS) is 21.6. The van der Waals surface area contributed by atoms with Crippen LogP contribution in [0.1, 0.15) is 52.3 Å². The third kappa shape index (κ3) is 5.68. The van der Waals surface area contributed by atoms with Crippen LogP contribution in [0, 0.1) is 23.7 Å². The molecule has 1 aliphatic rings. The molecule has 0 aromatic carbocycles. The maximum Gasteiger partial charge on any atom is 0.303 e. The number of imidazole rings is 1. The first-order valence-electron chi connectivity index (χ1n) is 10.8. The Morgan fingerprint density at radius 2 is 2.13 bits per heavy atom. The fourth-order valence-electron chi connectivity index (χ4n) is 4.45. The first-order valence-corrected chi connectivity index (χ1v) is 10.8. The van der Waals surface area contributed by atoms with Crippen molar-refractivity contribution in [1.82, 2.24) is 20.3 Å². The number of nitrogens with one attached hydrogen (secondary N) is 2. The summed E-state index contributed by atoms with van der Waals surface area (Å²) in [4.78, 5) is 35.0. The number of hydrogen-bond acceptors (Lipinski definition) is 4. The van der Waals surface area contributed by atoms with Crippen LogP contribution in [0.15, 0.2) is 30.0 Å². The molecule has 0 fully saturated rings. The number of H-pyrrole nitrogens is 1. The number of carbonyl (C=O) groups is 2. The minimum atomic E-state index is -0.861. The minimum Gasteiger partial charge on any atom is -0.481 e. The molecule has 162 valence electrons. The zero-order chi connectivity index (χ0) is 21.7. The first-order chi connectivity index (χ1) is 14.3. The summed E-state index contributed by atoms with van der Waals surface area (Å²) in [6.45, 7) is 7.25. The quantitative estimate of drug-likeness (QED) is 0.544. The van der Waals surface area contributed by atoms with Gasteiger partial charge in [0.1, 0.15) is 5.82 Å². The van der Waals surface area contributed by atoms with Crippen molar-refractivity contribution in [3.05, 3.63) is 35.8 Å². The van der Waals surface area contributed by atoms with Gasteiger partial charge in [0.2, 0.25) is 5.91 Å². The smallest absolute Gasteiger partial charge is 0.303 e. The highest BCUT2D eigenvalue weighted by Crippen LogP contribution is 2.38. The summed E-state index contributed by atoms with van der Waals surface area (Å²) in [5, 5.41) is 11.7. The van der Waals surface area contributed by atoms with E-state index in [-0.39, 0.29) is 18.7 Å². The Bertz CT molecular complexity index is 885. The van der Waals surface area contributed by atoms with Gasteiger partial charge in [-0.2, -0.15) is 0 Å². The fraction of sp³-hybridized carbons (Fsp3) is 0.565. The molecule has 0 bridgehead atoms. The maximum atomic E-state index is 12.1. The van der Waals surface area contributed by atoms with E-state index in [0.717, 1.165) is 29.8 Å². The molecule has 2 heterocycles. The van der Waals surface area contributed by atoms with Crippen molar-refractivity contribution in [2.24, 2.45) is 23.7 Å². The number of pyridine rings is 1. The van der Waals surface area contributed by atoms with Crippen molar-refractivity contribution in [2.45, 2.75) is 52.9 Å². The van der Waals surface area contributed by atoms with Gasteiger partial charge in [0, 0.05) is 32.0 Å². The summed E-state index contributed by atoms with van der Waals surface area (Å²) in [7, 11) is 0. The summed E-state index contributed by atoms with van der Waals surface area (Å²) in [5.41, 5.74) is 3.06. The molecule has 2 aromatic heterocycles. The summed E-state index contributed by atoms with van der Waals surface area (Å²) in [6, 6.07) is 3.90. The van der Waals surface area contributed by atoms with Gasteiger partial charge in [0.05, 0.1) is 5.52 Å². The van der Waals surface area contributed by atoms with Gasteiger partial charge in [-0.3, -0.25) is 9.59 Å². The molecular weight excluding hydrogens is 380 g/mol. The highest BCUT2D eigenvalue weighted by molar-refractivity contribution is 5.76. The van der Waals surface area contributed by atoms with Gasteiger partial charge in [-0.25, -0.2) is 9.97 Å². The van der Waals surface area contributed by atoms with Crippen LogP contribution in [0.4, 0.5) is 0 Å². The van der Waals surface area contributed by atoms with E-state index in [2.05, 4.69) is 47.1 Å². The van der Waals surface area contributed by atoms with Crippen LogP contribution < -0.4 is 5.32 Å². The number of rotatable bonds is 9. The van der Waals surface area contributed by atoms with Gasteiger partial charge in [-0.1, -0.05) is 25.5 Å². The molecule has 3 unspecified atom stereocenters. The Morgan fingerprint density at radius 3 is 2.83 bits per heavy atom. The SMILES string of the molecule is CC1=CC(CNC(=O)CCCC(=O)O)C(C(C)C)CC1Cc1nc2ncccc2[nH]1. The lowest BCUT2D eigenvalue weighted by molar-refractivity contribution is -0.137. The van der Waals surface area contributed by atoms with E-state index in [4.69, 9.17) is 5.11 Å². The van der Waals surface area contributed by atoms with Crippen molar-refractivity contribution in [3.8, 4) is 0 Å². The predicted molar refractivity (Wildman–Crippen MR) is 116 cm³/mol. The van der Waals surface area contributed by atoms with Crippen molar-refractivity contribution < 1.29 is 14.7 Å². The number of aromatic nitrogens is 3. The van der Waals surface area contributed by atoms with E-state index < -0.39 is 5.97 Å². The zero-order valence-corrected chi connectivity index (χ0v) is 18.0. The van der Waals surface area contributed by atoms with Crippen LogP contribution in [0.25, 0.3) is 11.2 Å². The van der Waals surface area contributed by atoms with Crippen molar-refractivity contribution in [2.75, 3.05) is 6.54 Å². The van der Waals surface area contributed by atoms with E-state index in [1.807, 2.05) is 12.1 Å². The molecule has 1 amide bonds. The second-order valence-corrected chi connectivity index (χ2v) is 8.73. The maximum absolute atomic E-state index is 12.1. The number of carbonyl (C=O) groups excluding carboxylic acids is 1. The average Bonchev–Trinajstić information content (AvgIpc) is 3.10. The molecule has 3 atom stereocenters. The fourth-order valence-corrected chi connectivity index (χ4v) is 4.45. The molecule has 2 aromatic rings. The molecule has 0 saturated carbocycles. The van der Waals surface area contributed by atoms with Crippen LogP contribution in [0.5, 0.6) is 0 Å². The summed E-state index contributed by atoms with van der Waals surface area (Å²) >= 11 is 0. The standard InChI is InChI=1S/C23H32N4O3/c1-14(2)18-11-16(12-20-26-19-6-5-9-24-23(19)27-20)15(3)10-17(18)13-25-21(28)7-4-8-22(29)30/h5-6,9-10,14,16-18H,4,7-8,11-13H2,1-3H3,(H,25,28)(H,29,30)(H,24,26,27). The van der Waals surface area contributed by atoms with E-state index in [9.17, 15) is 9.59 Å². The van der Waals surface area contributed by atoms with Crippen LogP contribution in [0.2, 0.25) is 0 Å². The first kappa shape index (κ1) is 22.0. The van der Waals surface area contributed by atoms with Gasteiger partial charge in [-0.15, -0.1) is 0 Å². The monoisotopic (exact) mass is 412 g/mol. The summed E-state index contributed by atoms with van der Waals surface area (Å²) in [5.74, 6) is 1.72. The number of amides is 1. The minimum absolute atomic E-state index is 0.0312. The Kier molecular flexibility index (Phi) is 7.24. The molecule has 7 nitrogen and oxygen atoms in total. The number of carboxylic acids is 1. The largest absolute Gasteiger partial charge is 0.481 e. The van der Waals surface area contributed by atoms with E-state index in [1.165, 1.54) is 5.57 Å². The summed E-state index contributed by atoms with van der Waals surface area (Å²) < 4.78 is 0. The van der Waals surface area contributed by atoms with Gasteiger partial charge < -0.3 is 15.4 Å². The highest BCUT2D eigenvalue weighted by atomic mass is 16.4. The lowest BCUT2D eigenvalue weighted by Crippen LogP contribution is -2.37. The van der Waals surface area contributed by atoms with Crippen molar-refractivity contribution in [3.63, 3.8) is 0 Å². The Balaban J connectivity index is 1.62. The number of hydrogen-bond donors (Lipinski definition) is 3. The second kappa shape index (κ2) is 9.87. The number of aromatic amines is 1. The molecule has 0 aliphatic heterocycles. The second-order valence-electron chi connectivity index (χ2n) is 8.73. The van der Waals surface area contributed by atoms with E-state index in [0.29, 0.717) is 36.6 Å². The molecule has 3 N–H and O–H groups in total. The molecular formula is C23H32N4O3. The van der Waals surface area contributed by atoms with E-state index >= 15 is 0 Å². The van der Waals surface area contributed by atoms with Crippen LogP contribution >= 0.6 is 0 Å². The third-order valence-electron chi connectivity index (χ3n) is 6.16. The van der Waals surface area contributed by atoms with Crippen LogP contribution in [-0.4, -0.2) is 38.5 Å². The molecule has 1 aliphatic carbocycles. The van der Waals surface area contributed by atoms with Gasteiger partial charge in [0.15, 0.2) is 5.65 Å². The van der Waals surface area contributed by atoms with Gasteiger partial charge in [0.25, 0.3) is 0 Å². The highest BCUT2D eigenvalue weighted by Gasteiger charge is 2.32. The Morgan fingerprint density at radius 1 is 1.33 bits per heavy atom. The van der Waals surface area contributed by atoms with Gasteiger partial charge >= 0.3 is 5.97 Å². The number of fused-ring (bicyclic) bond motifs is 1. The Hall–Kier alpha value is -2.70. The van der Waals surface area contributed by atoms with Crippen molar-refractivity contribution in [1.29, 1.82) is 0 Å². The lowest BCUT2D eigenvalue weighted by atomic mass is 9.69. The van der Waals surface area contributed by atoms with Crippen LogP contribution in [-0.2, 0) is 16.0 Å². The number of nitrogens with zero attached hydrogens (tertiary/aromatic N) is 2. The number of allylic oxidation sites excluding steroid dienone is 1. The molecule has 30 heavy (non-hydrogen) atoms. The van der Waals surface area contributed by atoms with Crippen molar-refractivity contribution >= 4 is 23.0 Å². The Labute approximate surface area is 177 Å². The molecule has 0 spiro atoms. The number of aliphatic carboxylic acids is 1. The van der Waals surface area contributed by atoms with Crippen LogP contribution in [0.3, 0.4) is 0 Å². The summed E-state index contributed by atoms with van der Waals surface area (Å²) in [6.07, 6.45) is 6.66. The molecule has 0 radical (unpaired) electrons. The molecule has 0 saturated heterocycles. The average molecular weight is 413 g/mol. The zero-order valence-electron chi connectivity index (χ0n) is 18.0. The molecule has 7 heteroatoms. The van der Waals surface area contributed by atoms with E-state index in [1.54, 1.807) is 6.20 Å². The predicted octanol–water partition coefficient (Wildman–Crippen LogP) is 3.73. The third-order valence-corrected chi connectivity index (χ3v) is 6.16. The topological polar surface area (TPSA) is 108 Å². The molecule has 3 rings (SSSR count). The van der Waals surface area contributed by atoms with Gasteiger partial charge in [-0.05, 0) is 55.6 Å².